The lowest BCUT2D eigenvalue weighted by atomic mass is 9.89. The van der Waals surface area contributed by atoms with Crippen molar-refractivity contribution in [3.63, 3.8) is 0 Å². The molecule has 11 aromatic rings. The topological polar surface area (TPSA) is 43.6 Å². The molecule has 11 rings (SSSR count). The number of hydrogen-bond donors (Lipinski definition) is 0. The van der Waals surface area contributed by atoms with E-state index in [0.29, 0.717) is 17.5 Å². The van der Waals surface area contributed by atoms with Crippen LogP contribution < -0.4 is 0 Å². The average Bonchev–Trinajstić information content (AvgIpc) is 3.57. The van der Waals surface area contributed by atoms with Gasteiger partial charge in [0.25, 0.3) is 0 Å². The summed E-state index contributed by atoms with van der Waals surface area (Å²) in [6.45, 7) is 0. The number of nitrogens with zero attached hydrogens (tertiary/aromatic N) is 4. The van der Waals surface area contributed by atoms with Gasteiger partial charge in [0.15, 0.2) is 17.5 Å². The summed E-state index contributed by atoms with van der Waals surface area (Å²) in [5.41, 5.74) is 6.23. The van der Waals surface area contributed by atoms with E-state index in [1.54, 1.807) is 0 Å². The molecule has 53 heavy (non-hydrogen) atoms. The van der Waals surface area contributed by atoms with Gasteiger partial charge in [-0.25, -0.2) is 15.0 Å². The molecule has 0 unspecified atom stereocenters. The van der Waals surface area contributed by atoms with Crippen molar-refractivity contribution in [2.24, 2.45) is 0 Å². The van der Waals surface area contributed by atoms with Crippen LogP contribution in [0.4, 0.5) is 0 Å². The summed E-state index contributed by atoms with van der Waals surface area (Å²) in [4.78, 5) is 15.7. The predicted molar refractivity (Wildman–Crippen MR) is 220 cm³/mol. The Balaban J connectivity index is 1.22. The second-order valence-electron chi connectivity index (χ2n) is 13.6. The monoisotopic (exact) mass is 674 g/mol. The number of benzene rings is 9. The van der Waals surface area contributed by atoms with Gasteiger partial charge in [0.05, 0.1) is 11.0 Å². The van der Waals surface area contributed by atoms with Crippen molar-refractivity contribution >= 4 is 64.9 Å². The van der Waals surface area contributed by atoms with Gasteiger partial charge < -0.3 is 4.57 Å². The second kappa shape index (κ2) is 11.7. The Bertz CT molecular complexity index is 3220. The fourth-order valence-electron chi connectivity index (χ4n) is 8.26. The number of fused-ring (bicyclic) bond motifs is 11. The summed E-state index contributed by atoms with van der Waals surface area (Å²) < 4.78 is 2.33. The zero-order valence-electron chi connectivity index (χ0n) is 28.6. The summed E-state index contributed by atoms with van der Waals surface area (Å²) in [5, 5.41) is 12.1. The maximum absolute atomic E-state index is 5.33. The van der Waals surface area contributed by atoms with Gasteiger partial charge in [-0.2, -0.15) is 0 Å². The number of aromatic nitrogens is 4. The zero-order chi connectivity index (χ0) is 34.9. The molecule has 0 atom stereocenters. The number of rotatable bonds is 4. The molecule has 0 aliphatic heterocycles. The molecule has 0 spiro atoms. The summed E-state index contributed by atoms with van der Waals surface area (Å²) >= 11 is 0. The number of hydrogen-bond acceptors (Lipinski definition) is 3. The maximum Gasteiger partial charge on any atom is 0.164 e. The lowest BCUT2D eigenvalue weighted by molar-refractivity contribution is 1.08. The summed E-state index contributed by atoms with van der Waals surface area (Å²) in [6.07, 6.45) is 0. The molecule has 4 nitrogen and oxygen atoms in total. The van der Waals surface area contributed by atoms with Crippen molar-refractivity contribution < 1.29 is 0 Å². The van der Waals surface area contributed by atoms with Crippen molar-refractivity contribution in [2.45, 2.75) is 0 Å². The van der Waals surface area contributed by atoms with E-state index in [9.17, 15) is 0 Å². The molecule has 0 saturated carbocycles. The van der Waals surface area contributed by atoms with Crippen molar-refractivity contribution in [3.8, 4) is 39.9 Å². The van der Waals surface area contributed by atoms with Crippen molar-refractivity contribution in [1.29, 1.82) is 0 Å². The van der Waals surface area contributed by atoms with Crippen LogP contribution in [0.25, 0.3) is 105 Å². The summed E-state index contributed by atoms with van der Waals surface area (Å²) in [5.74, 6) is 1.92. The van der Waals surface area contributed by atoms with E-state index in [0.717, 1.165) is 38.8 Å². The Morgan fingerprint density at radius 1 is 0.302 bits per heavy atom. The molecule has 0 bridgehead atoms. The Labute approximate surface area is 305 Å². The molecule has 2 aromatic heterocycles. The van der Waals surface area contributed by atoms with Crippen molar-refractivity contribution in [3.05, 3.63) is 182 Å². The van der Waals surface area contributed by atoms with Crippen LogP contribution in [0.15, 0.2) is 182 Å². The Morgan fingerprint density at radius 2 is 0.792 bits per heavy atom. The van der Waals surface area contributed by atoms with E-state index >= 15 is 0 Å². The Hall–Kier alpha value is -7.17. The first-order chi connectivity index (χ1) is 26.3. The zero-order valence-corrected chi connectivity index (χ0v) is 28.6. The van der Waals surface area contributed by atoms with Crippen LogP contribution in [0, 0.1) is 0 Å². The van der Waals surface area contributed by atoms with Crippen LogP contribution >= 0.6 is 0 Å². The molecule has 0 N–H and O–H groups in total. The normalized spacial score (nSPS) is 11.8. The van der Waals surface area contributed by atoms with Gasteiger partial charge in [-0.05, 0) is 73.4 Å². The third-order valence-corrected chi connectivity index (χ3v) is 10.6. The molecular formula is C49H30N4. The largest absolute Gasteiger partial charge is 0.309 e. The van der Waals surface area contributed by atoms with Crippen LogP contribution in [-0.2, 0) is 0 Å². The third-order valence-electron chi connectivity index (χ3n) is 10.6. The van der Waals surface area contributed by atoms with Crippen LogP contribution in [0.2, 0.25) is 0 Å². The van der Waals surface area contributed by atoms with Crippen molar-refractivity contribution in [1.82, 2.24) is 19.5 Å². The first kappa shape index (κ1) is 29.5. The molecule has 2 heterocycles. The van der Waals surface area contributed by atoms with Gasteiger partial charge in [0.2, 0.25) is 0 Å². The van der Waals surface area contributed by atoms with Gasteiger partial charge in [-0.15, -0.1) is 0 Å². The maximum atomic E-state index is 5.33. The molecule has 0 radical (unpaired) electrons. The molecule has 0 amide bonds. The SMILES string of the molecule is c1ccc(-c2nc(-c3ccc4c5ccccc5n(-c5ccccc5)c4c3)nc(-c3cc4c5ccccc5c5ccccc5c4c4ccccc34)n2)cc1. The average molecular weight is 675 g/mol. The lowest BCUT2D eigenvalue weighted by Gasteiger charge is -2.16. The Morgan fingerprint density at radius 3 is 1.51 bits per heavy atom. The molecule has 9 aromatic carbocycles. The lowest BCUT2D eigenvalue weighted by Crippen LogP contribution is -2.01. The minimum absolute atomic E-state index is 0.633. The van der Waals surface area contributed by atoms with E-state index in [1.165, 1.54) is 48.5 Å². The fraction of sp³-hybridized carbons (Fsp3) is 0. The van der Waals surface area contributed by atoms with E-state index in [4.69, 9.17) is 15.0 Å². The van der Waals surface area contributed by atoms with Gasteiger partial charge in [0.1, 0.15) is 0 Å². The molecule has 0 saturated heterocycles. The highest BCUT2D eigenvalue weighted by molar-refractivity contribution is 6.32. The molecule has 4 heteroatoms. The third kappa shape index (κ3) is 4.59. The molecule has 0 fully saturated rings. The van der Waals surface area contributed by atoms with E-state index in [-0.39, 0.29) is 0 Å². The minimum Gasteiger partial charge on any atom is -0.309 e. The van der Waals surface area contributed by atoms with E-state index in [2.05, 4.69) is 168 Å². The molecular weight excluding hydrogens is 645 g/mol. The van der Waals surface area contributed by atoms with E-state index in [1.807, 2.05) is 18.2 Å². The van der Waals surface area contributed by atoms with Gasteiger partial charge >= 0.3 is 0 Å². The van der Waals surface area contributed by atoms with Crippen LogP contribution in [0.5, 0.6) is 0 Å². The molecule has 246 valence electrons. The summed E-state index contributed by atoms with van der Waals surface area (Å²) in [6, 6.07) is 64.4. The minimum atomic E-state index is 0.633. The fourth-order valence-corrected chi connectivity index (χ4v) is 8.26. The quantitative estimate of drug-likeness (QED) is 0.175. The first-order valence-electron chi connectivity index (χ1n) is 18.0. The standard InChI is InChI=1S/C49H30N4/c1-3-15-31(16-4-1)47-50-48(32-27-28-39-38-23-13-14-26-44(38)53(45(39)29-32)33-17-5-2-6-18-33)52-49(51-47)43-30-42-36-21-8-7-19-34(36)35-20-9-11-24-40(35)46(42)41-25-12-10-22-37(41)43/h1-30H. The second-order valence-corrected chi connectivity index (χ2v) is 13.6. The highest BCUT2D eigenvalue weighted by Crippen LogP contribution is 2.43. The van der Waals surface area contributed by atoms with Crippen LogP contribution in [-0.4, -0.2) is 19.5 Å². The van der Waals surface area contributed by atoms with Gasteiger partial charge in [-0.1, -0.05) is 152 Å². The van der Waals surface area contributed by atoms with Gasteiger partial charge in [0, 0.05) is 33.2 Å². The van der Waals surface area contributed by atoms with Crippen LogP contribution in [0.1, 0.15) is 0 Å². The highest BCUT2D eigenvalue weighted by atomic mass is 15.0. The molecule has 0 aliphatic carbocycles. The van der Waals surface area contributed by atoms with E-state index < -0.39 is 0 Å². The predicted octanol–water partition coefficient (Wildman–Crippen LogP) is 12.6. The van der Waals surface area contributed by atoms with Crippen LogP contribution in [0.3, 0.4) is 0 Å². The van der Waals surface area contributed by atoms with Gasteiger partial charge in [-0.3, -0.25) is 0 Å². The Kier molecular flexibility index (Phi) is 6.52. The number of para-hydroxylation sites is 2. The molecule has 0 aliphatic rings. The van der Waals surface area contributed by atoms with Crippen molar-refractivity contribution in [2.75, 3.05) is 0 Å². The first-order valence-corrected chi connectivity index (χ1v) is 18.0. The highest BCUT2D eigenvalue weighted by Gasteiger charge is 2.20. The summed E-state index contributed by atoms with van der Waals surface area (Å²) in [7, 11) is 0. The smallest absolute Gasteiger partial charge is 0.164 e.